The normalized spacial score (nSPS) is 12.1. The van der Waals surface area contributed by atoms with Crippen molar-refractivity contribution in [2.45, 2.75) is 19.4 Å². The second-order valence-corrected chi connectivity index (χ2v) is 6.94. The maximum Gasteiger partial charge on any atom is 0.143 e. The van der Waals surface area contributed by atoms with Crippen molar-refractivity contribution in [3.63, 3.8) is 0 Å². The Hall–Kier alpha value is -1.46. The lowest BCUT2D eigenvalue weighted by Crippen LogP contribution is -2.15. The summed E-state index contributed by atoms with van der Waals surface area (Å²) in [5.74, 6) is -0.139. The van der Waals surface area contributed by atoms with Gasteiger partial charge in [-0.1, -0.05) is 34.8 Å². The number of hydrogen-bond acceptors (Lipinski definition) is 3. The lowest BCUT2D eigenvalue weighted by atomic mass is 10.1. The minimum absolute atomic E-state index is 0.120. The Labute approximate surface area is 147 Å². The largest absolute Gasteiger partial charge is 0.506 e. The highest BCUT2D eigenvalue weighted by molar-refractivity contribution is 6.45. The van der Waals surface area contributed by atoms with Crippen LogP contribution in [0.2, 0.25) is 15.1 Å². The quantitative estimate of drug-likeness (QED) is 0.630. The Morgan fingerprint density at radius 2 is 1.83 bits per heavy atom. The van der Waals surface area contributed by atoms with Crippen LogP contribution in [0.1, 0.15) is 19.5 Å². The number of hydrogen-bond donors (Lipinski definition) is 2. The fraction of sp³-hybridized carbons (Fsp3) is 0.188. The standard InChI is InChI=1S/C16H13Cl3N2O2/c1-16(2,23)11-7-21-4-3-8(5-12(21)20-11)13-14(19)9(17)6-10(18)15(13)22/h3-7,22-23H,1-2H3. The molecule has 1 aromatic carbocycles. The van der Waals surface area contributed by atoms with Crippen molar-refractivity contribution in [1.29, 1.82) is 0 Å². The molecule has 0 spiro atoms. The molecule has 3 aromatic rings. The van der Waals surface area contributed by atoms with Gasteiger partial charge in [0.2, 0.25) is 0 Å². The molecule has 4 nitrogen and oxygen atoms in total. The van der Waals surface area contributed by atoms with Gasteiger partial charge >= 0.3 is 0 Å². The molecular weight excluding hydrogens is 359 g/mol. The minimum Gasteiger partial charge on any atom is -0.506 e. The van der Waals surface area contributed by atoms with Crippen molar-refractivity contribution in [3.8, 4) is 16.9 Å². The summed E-state index contributed by atoms with van der Waals surface area (Å²) in [5, 5.41) is 20.9. The zero-order chi connectivity index (χ0) is 16.9. The van der Waals surface area contributed by atoms with Gasteiger partial charge in [-0.3, -0.25) is 0 Å². The highest BCUT2D eigenvalue weighted by Crippen LogP contribution is 2.44. The summed E-state index contributed by atoms with van der Waals surface area (Å²) in [7, 11) is 0. The average molecular weight is 372 g/mol. The third-order valence-electron chi connectivity index (χ3n) is 3.52. The second kappa shape index (κ2) is 5.56. The van der Waals surface area contributed by atoms with Crippen molar-refractivity contribution < 1.29 is 10.2 Å². The van der Waals surface area contributed by atoms with E-state index in [0.717, 1.165) is 0 Å². The van der Waals surface area contributed by atoms with Crippen molar-refractivity contribution in [2.24, 2.45) is 0 Å². The molecule has 0 fully saturated rings. The van der Waals surface area contributed by atoms with Gasteiger partial charge in [-0.2, -0.15) is 0 Å². The van der Waals surface area contributed by atoms with Gasteiger partial charge in [0.05, 0.1) is 20.8 Å². The monoisotopic (exact) mass is 370 g/mol. The summed E-state index contributed by atoms with van der Waals surface area (Å²) >= 11 is 18.2. The van der Waals surface area contributed by atoms with Crippen LogP contribution in [-0.2, 0) is 5.60 Å². The van der Waals surface area contributed by atoms with Gasteiger partial charge in [0.25, 0.3) is 0 Å². The summed E-state index contributed by atoms with van der Waals surface area (Å²) in [5.41, 5.74) is 1.06. The van der Waals surface area contributed by atoms with Crippen molar-refractivity contribution in [1.82, 2.24) is 9.38 Å². The van der Waals surface area contributed by atoms with Crippen LogP contribution in [0.3, 0.4) is 0 Å². The predicted molar refractivity (Wildman–Crippen MR) is 92.6 cm³/mol. The molecule has 2 N–H and O–H groups in total. The molecule has 0 saturated heterocycles. The van der Waals surface area contributed by atoms with Crippen LogP contribution in [0, 0.1) is 0 Å². The predicted octanol–water partition coefficient (Wildman–Crippen LogP) is 4.89. The Morgan fingerprint density at radius 3 is 2.48 bits per heavy atom. The van der Waals surface area contributed by atoms with E-state index in [9.17, 15) is 10.2 Å². The zero-order valence-electron chi connectivity index (χ0n) is 12.3. The summed E-state index contributed by atoms with van der Waals surface area (Å²) in [6.07, 6.45) is 3.50. The van der Waals surface area contributed by atoms with Gasteiger partial charge in [-0.15, -0.1) is 0 Å². The zero-order valence-corrected chi connectivity index (χ0v) is 14.6. The number of phenols is 1. The molecule has 7 heteroatoms. The maximum atomic E-state index is 10.2. The molecule has 0 atom stereocenters. The number of imidazole rings is 1. The molecule has 0 aliphatic rings. The second-order valence-electron chi connectivity index (χ2n) is 5.74. The van der Waals surface area contributed by atoms with Crippen LogP contribution >= 0.6 is 34.8 Å². The molecule has 3 rings (SSSR count). The number of rotatable bonds is 2. The lowest BCUT2D eigenvalue weighted by Gasteiger charge is -2.12. The van der Waals surface area contributed by atoms with Crippen molar-refractivity contribution in [3.05, 3.63) is 51.4 Å². The summed E-state index contributed by atoms with van der Waals surface area (Å²) in [6.45, 7) is 3.32. The fourth-order valence-corrected chi connectivity index (χ4v) is 3.00. The Morgan fingerprint density at radius 1 is 1.13 bits per heavy atom. The molecule has 0 aliphatic heterocycles. The molecule has 2 heterocycles. The van der Waals surface area contributed by atoms with E-state index >= 15 is 0 Å². The van der Waals surface area contributed by atoms with E-state index in [-0.39, 0.29) is 20.8 Å². The van der Waals surface area contributed by atoms with Gasteiger partial charge in [-0.05, 0) is 37.6 Å². The van der Waals surface area contributed by atoms with Gasteiger partial charge in [0.1, 0.15) is 17.0 Å². The summed E-state index contributed by atoms with van der Waals surface area (Å²) in [4.78, 5) is 4.40. The Bertz CT molecular complexity index is 888. The topological polar surface area (TPSA) is 57.8 Å². The van der Waals surface area contributed by atoms with Crippen LogP contribution in [0.4, 0.5) is 0 Å². The van der Waals surface area contributed by atoms with Crippen LogP contribution < -0.4 is 0 Å². The minimum atomic E-state index is -1.05. The fourth-order valence-electron chi connectivity index (χ4n) is 2.28. The van der Waals surface area contributed by atoms with Gasteiger partial charge in [0, 0.05) is 18.0 Å². The van der Waals surface area contributed by atoms with Crippen molar-refractivity contribution in [2.75, 3.05) is 0 Å². The van der Waals surface area contributed by atoms with Crippen molar-refractivity contribution >= 4 is 40.4 Å². The van der Waals surface area contributed by atoms with Gasteiger partial charge in [0.15, 0.2) is 0 Å². The third-order valence-corrected chi connectivity index (χ3v) is 4.60. The van der Waals surface area contributed by atoms with E-state index in [1.165, 1.54) is 6.07 Å². The molecule has 0 saturated carbocycles. The molecule has 23 heavy (non-hydrogen) atoms. The number of halogens is 3. The summed E-state index contributed by atoms with van der Waals surface area (Å²) < 4.78 is 1.77. The number of benzene rings is 1. The van der Waals surface area contributed by atoms with E-state index in [4.69, 9.17) is 34.8 Å². The number of fused-ring (bicyclic) bond motifs is 1. The summed E-state index contributed by atoms with van der Waals surface area (Å²) in [6, 6.07) is 4.89. The highest BCUT2D eigenvalue weighted by Gasteiger charge is 2.21. The highest BCUT2D eigenvalue weighted by atomic mass is 35.5. The van der Waals surface area contributed by atoms with E-state index in [0.29, 0.717) is 22.5 Å². The van der Waals surface area contributed by atoms with E-state index in [1.54, 1.807) is 42.8 Å². The molecule has 0 amide bonds. The number of nitrogens with zero attached hydrogens (tertiary/aromatic N) is 2. The van der Waals surface area contributed by atoms with Gasteiger partial charge < -0.3 is 14.6 Å². The maximum absolute atomic E-state index is 10.2. The first kappa shape index (κ1) is 16.4. The van der Waals surface area contributed by atoms with E-state index in [2.05, 4.69) is 4.98 Å². The number of aliphatic hydroxyl groups is 1. The number of aromatic nitrogens is 2. The SMILES string of the molecule is CC(C)(O)c1cn2ccc(-c3c(O)c(Cl)cc(Cl)c3Cl)cc2n1. The third kappa shape index (κ3) is 2.88. The van der Waals surface area contributed by atoms with Gasteiger partial charge in [-0.25, -0.2) is 4.98 Å². The van der Waals surface area contributed by atoms with E-state index < -0.39 is 5.60 Å². The lowest BCUT2D eigenvalue weighted by molar-refractivity contribution is 0.0744. The number of pyridine rings is 1. The number of aromatic hydroxyl groups is 1. The van der Waals surface area contributed by atoms with Crippen LogP contribution in [-0.4, -0.2) is 19.6 Å². The van der Waals surface area contributed by atoms with Crippen LogP contribution in [0.5, 0.6) is 5.75 Å². The first-order chi connectivity index (χ1) is 10.7. The molecule has 120 valence electrons. The Balaban J connectivity index is 2.22. The average Bonchev–Trinajstić information content (AvgIpc) is 2.89. The van der Waals surface area contributed by atoms with Crippen LogP contribution in [0.15, 0.2) is 30.6 Å². The molecule has 0 unspecified atom stereocenters. The van der Waals surface area contributed by atoms with E-state index in [1.807, 2.05) is 0 Å². The first-order valence-corrected chi connectivity index (χ1v) is 7.90. The van der Waals surface area contributed by atoms with Crippen LogP contribution in [0.25, 0.3) is 16.8 Å². The first-order valence-electron chi connectivity index (χ1n) is 6.77. The molecule has 0 aliphatic carbocycles. The molecular formula is C16H13Cl3N2O2. The molecule has 2 aromatic heterocycles. The number of phenolic OH excluding ortho intramolecular Hbond substituents is 1. The molecule has 0 radical (unpaired) electrons. The smallest absolute Gasteiger partial charge is 0.143 e. The molecule has 0 bridgehead atoms. The Kier molecular flexibility index (Phi) is 3.97.